The van der Waals surface area contributed by atoms with E-state index in [4.69, 9.17) is 0 Å². The van der Waals surface area contributed by atoms with E-state index >= 15 is 0 Å². The molecule has 0 aliphatic heterocycles. The summed E-state index contributed by atoms with van der Waals surface area (Å²) in [5, 5.41) is 14.0. The molecule has 28 heavy (non-hydrogen) atoms. The Labute approximate surface area is 158 Å². The first-order valence-electron chi connectivity index (χ1n) is 8.31. The van der Waals surface area contributed by atoms with E-state index < -0.39 is 5.56 Å². The molecule has 0 aliphatic rings. The van der Waals surface area contributed by atoms with E-state index in [2.05, 4.69) is 25.5 Å². The third kappa shape index (κ3) is 3.24. The molecule has 2 aromatic heterocycles. The quantitative estimate of drug-likeness (QED) is 0.377. The van der Waals surface area contributed by atoms with Crippen LogP contribution in [0.15, 0.2) is 64.6 Å². The lowest BCUT2D eigenvalue weighted by atomic mass is 10.1. The molecule has 2 aromatic carbocycles. The summed E-state index contributed by atoms with van der Waals surface area (Å²) in [5.41, 5.74) is 3.82. The number of nitrogens with one attached hydrogen (secondary N) is 3. The van der Waals surface area contributed by atoms with Gasteiger partial charge >= 0.3 is 0 Å². The van der Waals surface area contributed by atoms with E-state index in [1.165, 1.54) is 12.3 Å². The average molecular weight is 372 g/mol. The van der Waals surface area contributed by atoms with Crippen LogP contribution in [0.4, 0.5) is 10.3 Å². The zero-order valence-electron chi connectivity index (χ0n) is 14.4. The minimum atomic E-state index is -0.575. The first-order chi connectivity index (χ1) is 13.7. The van der Waals surface area contributed by atoms with Crippen molar-refractivity contribution in [1.82, 2.24) is 15.0 Å². The summed E-state index contributed by atoms with van der Waals surface area (Å²) in [6.45, 7) is 0. The molecule has 0 fully saturated rings. The molecule has 7 nitrogen and oxygen atoms in total. The van der Waals surface area contributed by atoms with Crippen molar-refractivity contribution < 1.29 is 4.39 Å². The average Bonchev–Trinajstić information content (AvgIpc) is 3.17. The molecule has 0 amide bonds. The van der Waals surface area contributed by atoms with E-state index in [9.17, 15) is 14.4 Å². The predicted molar refractivity (Wildman–Crippen MR) is 104 cm³/mol. The maximum Gasteiger partial charge on any atom is 0.270 e. The van der Waals surface area contributed by atoms with Crippen LogP contribution in [0, 0.1) is 17.1 Å². The maximum absolute atomic E-state index is 14.0. The molecule has 0 atom stereocenters. The molecule has 4 rings (SSSR count). The van der Waals surface area contributed by atoms with Gasteiger partial charge in [-0.1, -0.05) is 30.3 Å². The van der Waals surface area contributed by atoms with Crippen molar-refractivity contribution in [2.45, 2.75) is 0 Å². The zero-order valence-corrected chi connectivity index (χ0v) is 14.4. The van der Waals surface area contributed by atoms with Gasteiger partial charge in [-0.25, -0.2) is 14.8 Å². The van der Waals surface area contributed by atoms with Gasteiger partial charge in [0.15, 0.2) is 0 Å². The number of fused-ring (bicyclic) bond motifs is 1. The second-order valence-electron chi connectivity index (χ2n) is 5.93. The van der Waals surface area contributed by atoms with Gasteiger partial charge in [0, 0.05) is 17.1 Å². The maximum atomic E-state index is 14.0. The summed E-state index contributed by atoms with van der Waals surface area (Å²) in [5.74, 6) is -0.317. The molecule has 0 bridgehead atoms. The lowest BCUT2D eigenvalue weighted by molar-refractivity contribution is 0.637. The predicted octanol–water partition coefficient (Wildman–Crippen LogP) is 3.37. The standard InChI is InChI=1S/C20H13FN6O/c21-16-9-12(8-14-6-7-23-18(14)16)11-24-27-20-25-17(13-4-2-1-3-5-13)15(10-22)19(28)26-20/h1-9,11,23H,(H2,25,26,27,28). The Morgan fingerprint density at radius 3 is 2.82 bits per heavy atom. The van der Waals surface area contributed by atoms with Gasteiger partial charge in [-0.15, -0.1) is 0 Å². The van der Waals surface area contributed by atoms with Crippen LogP contribution in [0.2, 0.25) is 0 Å². The van der Waals surface area contributed by atoms with Crippen LogP contribution >= 0.6 is 0 Å². The molecule has 0 spiro atoms. The van der Waals surface area contributed by atoms with Gasteiger partial charge in [-0.2, -0.15) is 10.4 Å². The van der Waals surface area contributed by atoms with E-state index in [0.29, 0.717) is 16.6 Å². The normalized spacial score (nSPS) is 11.0. The molecule has 0 saturated carbocycles. The summed E-state index contributed by atoms with van der Waals surface area (Å²) in [6, 6.07) is 15.7. The summed E-state index contributed by atoms with van der Waals surface area (Å²) in [7, 11) is 0. The van der Waals surface area contributed by atoms with Crippen molar-refractivity contribution in [2.24, 2.45) is 5.10 Å². The molecule has 2 heterocycles. The highest BCUT2D eigenvalue weighted by molar-refractivity contribution is 5.89. The lowest BCUT2D eigenvalue weighted by Crippen LogP contribution is -2.16. The van der Waals surface area contributed by atoms with E-state index in [1.807, 2.05) is 12.1 Å². The Bertz CT molecular complexity index is 1280. The molecule has 136 valence electrons. The number of anilines is 1. The molecule has 0 radical (unpaired) electrons. The Kier molecular flexibility index (Phi) is 4.40. The van der Waals surface area contributed by atoms with Crippen molar-refractivity contribution >= 4 is 23.1 Å². The van der Waals surface area contributed by atoms with Crippen LogP contribution in [0.3, 0.4) is 0 Å². The summed E-state index contributed by atoms with van der Waals surface area (Å²) in [6.07, 6.45) is 3.07. The Balaban J connectivity index is 1.64. The Hall–Kier alpha value is -4.25. The number of hydrazone groups is 1. The van der Waals surface area contributed by atoms with Gasteiger partial charge < -0.3 is 4.98 Å². The highest BCUT2D eigenvalue weighted by Gasteiger charge is 2.12. The number of H-pyrrole nitrogens is 2. The second-order valence-corrected chi connectivity index (χ2v) is 5.93. The van der Waals surface area contributed by atoms with Gasteiger partial charge in [-0.3, -0.25) is 9.78 Å². The van der Waals surface area contributed by atoms with Gasteiger partial charge in [-0.05, 0) is 23.8 Å². The number of nitrogens with zero attached hydrogens (tertiary/aromatic N) is 3. The molecule has 3 N–H and O–H groups in total. The molecule has 0 aliphatic carbocycles. The lowest BCUT2D eigenvalue weighted by Gasteiger charge is -2.06. The van der Waals surface area contributed by atoms with Crippen LogP contribution in [0.5, 0.6) is 0 Å². The van der Waals surface area contributed by atoms with Crippen molar-refractivity contribution in [2.75, 3.05) is 5.43 Å². The number of benzene rings is 2. The van der Waals surface area contributed by atoms with Crippen molar-refractivity contribution in [3.63, 3.8) is 0 Å². The van der Waals surface area contributed by atoms with Crippen LogP contribution in [0.1, 0.15) is 11.1 Å². The first-order valence-corrected chi connectivity index (χ1v) is 8.31. The largest absolute Gasteiger partial charge is 0.359 e. The minimum Gasteiger partial charge on any atom is -0.359 e. The number of aromatic nitrogens is 3. The third-order valence-electron chi connectivity index (χ3n) is 4.10. The molecular weight excluding hydrogens is 359 g/mol. The van der Waals surface area contributed by atoms with Crippen molar-refractivity contribution in [3.8, 4) is 17.3 Å². The molecule has 0 saturated heterocycles. The van der Waals surface area contributed by atoms with Gasteiger partial charge in [0.05, 0.1) is 17.4 Å². The first kappa shape index (κ1) is 17.2. The Morgan fingerprint density at radius 1 is 1.21 bits per heavy atom. The zero-order chi connectivity index (χ0) is 19.5. The van der Waals surface area contributed by atoms with Crippen LogP contribution < -0.4 is 11.0 Å². The number of hydrogen-bond acceptors (Lipinski definition) is 5. The summed E-state index contributed by atoms with van der Waals surface area (Å²) < 4.78 is 14.0. The molecule has 4 aromatic rings. The van der Waals surface area contributed by atoms with Gasteiger partial charge in [0.1, 0.15) is 17.4 Å². The van der Waals surface area contributed by atoms with Crippen LogP contribution in [-0.4, -0.2) is 21.2 Å². The highest BCUT2D eigenvalue weighted by atomic mass is 19.1. The second kappa shape index (κ2) is 7.17. The molecular formula is C20H13FN6O. The third-order valence-corrected chi connectivity index (χ3v) is 4.10. The number of halogens is 1. The van der Waals surface area contributed by atoms with E-state index in [1.54, 1.807) is 42.6 Å². The van der Waals surface area contributed by atoms with E-state index in [0.717, 1.165) is 5.39 Å². The fraction of sp³-hybridized carbons (Fsp3) is 0. The molecule has 8 heteroatoms. The highest BCUT2D eigenvalue weighted by Crippen LogP contribution is 2.20. The fourth-order valence-electron chi connectivity index (χ4n) is 2.83. The number of aromatic amines is 2. The number of hydrogen-bond donors (Lipinski definition) is 3. The van der Waals surface area contributed by atoms with Crippen LogP contribution in [-0.2, 0) is 0 Å². The van der Waals surface area contributed by atoms with Crippen molar-refractivity contribution in [1.29, 1.82) is 5.26 Å². The monoisotopic (exact) mass is 372 g/mol. The Morgan fingerprint density at radius 2 is 2.04 bits per heavy atom. The fourth-order valence-corrected chi connectivity index (χ4v) is 2.83. The molecule has 0 unspecified atom stereocenters. The SMILES string of the molecule is N#Cc1c(-c2ccccc2)nc(NN=Cc2cc(F)c3[nH]ccc3c2)[nH]c1=O. The minimum absolute atomic E-state index is 0.0716. The topological polar surface area (TPSA) is 110 Å². The number of nitriles is 1. The van der Waals surface area contributed by atoms with Crippen molar-refractivity contribution in [3.05, 3.63) is 82.0 Å². The smallest absolute Gasteiger partial charge is 0.270 e. The van der Waals surface area contributed by atoms with Crippen LogP contribution in [0.25, 0.3) is 22.2 Å². The van der Waals surface area contributed by atoms with Gasteiger partial charge in [0.2, 0.25) is 5.95 Å². The van der Waals surface area contributed by atoms with E-state index in [-0.39, 0.29) is 23.0 Å². The van der Waals surface area contributed by atoms with Gasteiger partial charge in [0.25, 0.3) is 5.56 Å². The number of rotatable bonds is 4. The summed E-state index contributed by atoms with van der Waals surface area (Å²) in [4.78, 5) is 21.8. The summed E-state index contributed by atoms with van der Waals surface area (Å²) >= 11 is 0.